The van der Waals surface area contributed by atoms with Crippen molar-refractivity contribution in [2.24, 2.45) is 0 Å². The van der Waals surface area contributed by atoms with Gasteiger partial charge in [-0.15, -0.1) is 0 Å². The average molecular weight is 739 g/mol. The van der Waals surface area contributed by atoms with E-state index < -0.39 is 58.7 Å². The van der Waals surface area contributed by atoms with Gasteiger partial charge in [0.25, 0.3) is 0 Å². The lowest BCUT2D eigenvalue weighted by molar-refractivity contribution is -0.138. The van der Waals surface area contributed by atoms with Crippen LogP contribution in [0.5, 0.6) is 0 Å². The highest BCUT2D eigenvalue weighted by atomic mass is 19.4. The molecular weight excluding hydrogens is 698 g/mol. The van der Waals surface area contributed by atoms with E-state index in [1.165, 1.54) is 24.3 Å². The molecule has 0 aliphatic carbocycles. The fraction of sp³-hybridized carbons (Fsp3) is 0.389. The summed E-state index contributed by atoms with van der Waals surface area (Å²) in [5, 5.41) is 9.91. The molecule has 0 saturated carbocycles. The molecule has 0 bridgehead atoms. The summed E-state index contributed by atoms with van der Waals surface area (Å²) in [5.41, 5.74) is -3.25. The number of rotatable bonds is 10. The van der Waals surface area contributed by atoms with Crippen molar-refractivity contribution in [3.05, 3.63) is 71.8 Å². The van der Waals surface area contributed by atoms with Crippen LogP contribution < -0.4 is 21.3 Å². The van der Waals surface area contributed by atoms with Gasteiger partial charge in [0, 0.05) is 48.4 Å². The quantitative estimate of drug-likeness (QED) is 0.154. The van der Waals surface area contributed by atoms with Crippen molar-refractivity contribution in [2.45, 2.75) is 77.9 Å². The molecule has 52 heavy (non-hydrogen) atoms. The molecule has 16 heteroatoms. The van der Waals surface area contributed by atoms with Crippen LogP contribution in [-0.2, 0) is 31.4 Å². The Labute approximate surface area is 296 Å². The monoisotopic (exact) mass is 738 g/mol. The van der Waals surface area contributed by atoms with Crippen molar-refractivity contribution in [1.29, 1.82) is 0 Å². The van der Waals surface area contributed by atoms with E-state index in [9.17, 15) is 45.5 Å². The lowest BCUT2D eigenvalue weighted by atomic mass is 9.95. The molecule has 0 heterocycles. The number of amides is 4. The van der Waals surface area contributed by atoms with Gasteiger partial charge in [-0.2, -0.15) is 26.3 Å². The molecule has 0 fully saturated rings. The minimum atomic E-state index is -4.73. The molecule has 4 amide bonds. The number of carbonyl (C=O) groups is 4. The van der Waals surface area contributed by atoms with Gasteiger partial charge in [-0.1, -0.05) is 24.3 Å². The van der Waals surface area contributed by atoms with Crippen molar-refractivity contribution >= 4 is 35.4 Å². The third-order valence-corrected chi connectivity index (χ3v) is 6.79. The van der Waals surface area contributed by atoms with Crippen LogP contribution in [-0.4, -0.2) is 48.3 Å². The highest BCUT2D eigenvalue weighted by Crippen LogP contribution is 2.39. The predicted molar refractivity (Wildman–Crippen MR) is 182 cm³/mol. The maximum Gasteiger partial charge on any atom is 0.416 e. The number of anilines is 2. The van der Waals surface area contributed by atoms with Crippen molar-refractivity contribution in [3.8, 4) is 22.3 Å². The number of nitrogens with one attached hydrogen (secondary N) is 4. The van der Waals surface area contributed by atoms with Gasteiger partial charge in [0.2, 0.25) is 11.8 Å². The summed E-state index contributed by atoms with van der Waals surface area (Å²) in [6, 6.07) is 10.8. The zero-order chi connectivity index (χ0) is 39.1. The van der Waals surface area contributed by atoms with E-state index in [0.717, 1.165) is 36.4 Å². The number of carbonyl (C=O) groups excluding carboxylic acids is 4. The molecule has 0 spiro atoms. The van der Waals surface area contributed by atoms with E-state index in [-0.39, 0.29) is 59.6 Å². The molecule has 0 atom stereocenters. The zero-order valence-electron chi connectivity index (χ0n) is 29.3. The van der Waals surface area contributed by atoms with Crippen molar-refractivity contribution in [3.63, 3.8) is 0 Å². The Kier molecular flexibility index (Phi) is 13.0. The minimum Gasteiger partial charge on any atom is -0.444 e. The Bertz CT molecular complexity index is 1630. The molecular formula is C36H40F6N4O6. The molecule has 3 rings (SSSR count). The van der Waals surface area contributed by atoms with Crippen molar-refractivity contribution in [2.75, 3.05) is 23.7 Å². The first-order valence-electron chi connectivity index (χ1n) is 16.0. The fourth-order valence-corrected chi connectivity index (χ4v) is 4.58. The second-order valence-corrected chi connectivity index (χ2v) is 13.5. The predicted octanol–water partition coefficient (Wildman–Crippen LogP) is 8.76. The van der Waals surface area contributed by atoms with Crippen molar-refractivity contribution in [1.82, 2.24) is 10.6 Å². The number of hydrogen-bond donors (Lipinski definition) is 4. The van der Waals surface area contributed by atoms with E-state index >= 15 is 0 Å². The van der Waals surface area contributed by atoms with E-state index in [1.54, 1.807) is 41.5 Å². The smallest absolute Gasteiger partial charge is 0.416 e. The van der Waals surface area contributed by atoms with Crippen LogP contribution >= 0.6 is 0 Å². The van der Waals surface area contributed by atoms with E-state index in [1.807, 2.05) is 0 Å². The third kappa shape index (κ3) is 13.1. The molecule has 10 nitrogen and oxygen atoms in total. The van der Waals surface area contributed by atoms with Gasteiger partial charge < -0.3 is 30.7 Å². The summed E-state index contributed by atoms with van der Waals surface area (Å²) in [4.78, 5) is 49.1. The number of ether oxygens (including phenoxy) is 2. The lowest BCUT2D eigenvalue weighted by Crippen LogP contribution is -2.34. The molecule has 0 unspecified atom stereocenters. The highest BCUT2D eigenvalue weighted by Gasteiger charge is 2.32. The van der Waals surface area contributed by atoms with Crippen LogP contribution in [0.2, 0.25) is 0 Å². The van der Waals surface area contributed by atoms with Crippen LogP contribution in [0.1, 0.15) is 65.5 Å². The summed E-state index contributed by atoms with van der Waals surface area (Å²) in [7, 11) is 0. The Hall–Kier alpha value is -5.28. The van der Waals surface area contributed by atoms with Gasteiger partial charge in [-0.3, -0.25) is 9.59 Å². The largest absolute Gasteiger partial charge is 0.444 e. The second-order valence-electron chi connectivity index (χ2n) is 13.5. The SMILES string of the molecule is CC(C)(C)OC(=O)NCCC(=O)Nc1ccc(C(F)(F)F)cc1-c1ccc(-c2cc(C(F)(F)F)ccc2NC(=O)CCNC(=O)OC(C)(C)C)cc1. The second kappa shape index (κ2) is 16.4. The minimum absolute atomic E-state index is 0.00929. The molecule has 0 saturated heterocycles. The molecule has 4 N–H and O–H groups in total. The Morgan fingerprint density at radius 2 is 0.865 bits per heavy atom. The van der Waals surface area contributed by atoms with Crippen LogP contribution in [0.3, 0.4) is 0 Å². The summed E-state index contributed by atoms with van der Waals surface area (Å²) in [5.74, 6) is -1.25. The first-order chi connectivity index (χ1) is 23.9. The van der Waals surface area contributed by atoms with Gasteiger partial charge in [0.05, 0.1) is 11.1 Å². The van der Waals surface area contributed by atoms with Crippen LogP contribution in [0.25, 0.3) is 22.3 Å². The van der Waals surface area contributed by atoms with E-state index in [2.05, 4.69) is 21.3 Å². The Morgan fingerprint density at radius 1 is 0.538 bits per heavy atom. The molecule has 3 aromatic rings. The van der Waals surface area contributed by atoms with Gasteiger partial charge in [-0.25, -0.2) is 9.59 Å². The first kappa shape index (κ1) is 41.1. The third-order valence-electron chi connectivity index (χ3n) is 6.79. The number of benzene rings is 3. The molecule has 3 aromatic carbocycles. The summed E-state index contributed by atoms with van der Waals surface area (Å²) in [6.07, 6.45) is -11.5. The fourth-order valence-electron chi connectivity index (χ4n) is 4.58. The van der Waals surface area contributed by atoms with Gasteiger partial charge in [0.1, 0.15) is 11.2 Å². The van der Waals surface area contributed by atoms with Gasteiger partial charge >= 0.3 is 24.5 Å². The average Bonchev–Trinajstić information content (AvgIpc) is 2.98. The maximum absolute atomic E-state index is 13.7. The molecule has 0 aliphatic heterocycles. The van der Waals surface area contributed by atoms with E-state index in [0.29, 0.717) is 0 Å². The van der Waals surface area contributed by atoms with Crippen LogP contribution in [0, 0.1) is 0 Å². The Morgan fingerprint density at radius 3 is 1.15 bits per heavy atom. The summed E-state index contributed by atoms with van der Waals surface area (Å²) < 4.78 is 92.4. The number of alkyl carbamates (subject to hydrolysis) is 2. The number of alkyl halides is 6. The van der Waals surface area contributed by atoms with Gasteiger partial charge in [-0.05, 0) is 89.1 Å². The van der Waals surface area contributed by atoms with Crippen LogP contribution in [0.15, 0.2) is 60.7 Å². The Balaban J connectivity index is 1.87. The van der Waals surface area contributed by atoms with E-state index in [4.69, 9.17) is 9.47 Å². The van der Waals surface area contributed by atoms with Gasteiger partial charge in [0.15, 0.2) is 0 Å². The zero-order valence-corrected chi connectivity index (χ0v) is 29.3. The molecule has 0 aliphatic rings. The maximum atomic E-state index is 13.7. The summed E-state index contributed by atoms with van der Waals surface area (Å²) >= 11 is 0. The van der Waals surface area contributed by atoms with Crippen LogP contribution in [0.4, 0.5) is 47.3 Å². The number of hydrogen-bond acceptors (Lipinski definition) is 6. The lowest BCUT2D eigenvalue weighted by Gasteiger charge is -2.20. The standard InChI is InChI=1S/C36H40F6N4O6/c1-33(2,3)51-31(49)43-17-15-29(47)45-27-13-11-23(35(37,38)39)19-25(27)21-7-9-22(10-8-21)26-20-24(36(40,41)42)12-14-28(26)46-30(48)16-18-44-32(50)52-34(4,5)6/h7-14,19-20H,15-18H2,1-6H3,(H,43,49)(H,44,50)(H,45,47)(H,46,48). The molecule has 0 aromatic heterocycles. The first-order valence-corrected chi connectivity index (χ1v) is 16.0. The normalized spacial score (nSPS) is 12.1. The highest BCUT2D eigenvalue weighted by molar-refractivity contribution is 5.97. The molecule has 282 valence electrons. The topological polar surface area (TPSA) is 135 Å². The molecule has 0 radical (unpaired) electrons. The summed E-state index contributed by atoms with van der Waals surface area (Å²) in [6.45, 7) is 9.70. The van der Waals surface area contributed by atoms with Crippen molar-refractivity contribution < 1.29 is 55.0 Å². The number of halogens is 6.